The van der Waals surface area contributed by atoms with E-state index >= 15 is 0 Å². The Kier molecular flexibility index (Phi) is 12.6. The molecule has 1 rings (SSSR count). The van der Waals surface area contributed by atoms with Crippen molar-refractivity contribution in [2.45, 2.75) is 92.0 Å². The lowest BCUT2D eigenvalue weighted by Crippen LogP contribution is -2.36. The molecule has 1 fully saturated rings. The Labute approximate surface area is 189 Å². The van der Waals surface area contributed by atoms with Crippen molar-refractivity contribution in [1.29, 1.82) is 0 Å². The molecule has 1 amide bonds. The third kappa shape index (κ3) is 9.53. The third-order valence-corrected chi connectivity index (χ3v) is 5.40. The summed E-state index contributed by atoms with van der Waals surface area (Å²) in [4.78, 5) is 23.9. The van der Waals surface area contributed by atoms with Crippen molar-refractivity contribution < 1.29 is 9.63 Å². The van der Waals surface area contributed by atoms with Crippen LogP contribution in [0.3, 0.4) is 0 Å². The number of hydrogen-bond acceptors (Lipinski definition) is 5. The second-order valence-corrected chi connectivity index (χ2v) is 8.18. The fourth-order valence-corrected chi connectivity index (χ4v) is 3.71. The van der Waals surface area contributed by atoms with Crippen LogP contribution in [0.5, 0.6) is 0 Å². The maximum Gasteiger partial charge on any atom is 0.225 e. The molecular weight excluding hydrogens is 388 g/mol. The molecule has 0 aromatic carbocycles. The zero-order valence-corrected chi connectivity index (χ0v) is 20.2. The second-order valence-electron chi connectivity index (χ2n) is 8.18. The predicted octanol–water partition coefficient (Wildman–Crippen LogP) is 5.94. The highest BCUT2D eigenvalue weighted by atomic mass is 16.6. The predicted molar refractivity (Wildman–Crippen MR) is 131 cm³/mol. The van der Waals surface area contributed by atoms with Gasteiger partial charge in [-0.3, -0.25) is 9.69 Å². The molecule has 1 atom stereocenters. The van der Waals surface area contributed by atoms with Crippen LogP contribution in [0.1, 0.15) is 86.0 Å². The summed E-state index contributed by atoms with van der Waals surface area (Å²) >= 11 is 0. The van der Waals surface area contributed by atoms with Crippen LogP contribution in [0.15, 0.2) is 47.0 Å². The van der Waals surface area contributed by atoms with Gasteiger partial charge in [-0.25, -0.2) is 4.99 Å². The van der Waals surface area contributed by atoms with Gasteiger partial charge in [-0.2, -0.15) is 0 Å². The van der Waals surface area contributed by atoms with E-state index in [1.54, 1.807) is 11.8 Å². The minimum atomic E-state index is -0.224. The van der Waals surface area contributed by atoms with Crippen LogP contribution in [0.2, 0.25) is 0 Å². The van der Waals surface area contributed by atoms with E-state index in [0.29, 0.717) is 29.9 Å². The van der Waals surface area contributed by atoms with Gasteiger partial charge in [0.2, 0.25) is 5.91 Å². The molecule has 174 valence electrons. The fraction of sp³-hybridized carbons (Fsp3) is 0.640. The van der Waals surface area contributed by atoms with Crippen LogP contribution in [0.25, 0.3) is 0 Å². The minimum Gasteiger partial charge on any atom is -0.361 e. The Morgan fingerprint density at radius 2 is 1.90 bits per heavy atom. The Hall–Kier alpha value is -2.37. The first kappa shape index (κ1) is 26.7. The fourth-order valence-electron chi connectivity index (χ4n) is 3.71. The van der Waals surface area contributed by atoms with Gasteiger partial charge in [-0.05, 0) is 45.6 Å². The van der Waals surface area contributed by atoms with Gasteiger partial charge in [0.05, 0.1) is 11.8 Å². The normalized spacial score (nSPS) is 16.8. The molecule has 1 saturated carbocycles. The molecule has 0 saturated heterocycles. The highest BCUT2D eigenvalue weighted by Crippen LogP contribution is 2.27. The van der Waals surface area contributed by atoms with Crippen molar-refractivity contribution in [3.8, 4) is 0 Å². The zero-order valence-electron chi connectivity index (χ0n) is 20.2. The molecule has 1 aliphatic carbocycles. The highest BCUT2D eigenvalue weighted by Gasteiger charge is 2.20. The van der Waals surface area contributed by atoms with Gasteiger partial charge in [0.25, 0.3) is 0 Å². The average molecular weight is 431 g/mol. The molecule has 6 nitrogen and oxygen atoms in total. The van der Waals surface area contributed by atoms with Gasteiger partial charge in [-0.1, -0.05) is 63.9 Å². The largest absolute Gasteiger partial charge is 0.361 e. The number of allylic oxidation sites excluding steroid dienone is 1. The number of aliphatic imine (C=N–C) groups is 1. The number of hydrogen-bond donors (Lipinski definition) is 1. The number of rotatable bonds is 12. The lowest BCUT2D eigenvalue weighted by molar-refractivity contribution is -0.125. The van der Waals surface area contributed by atoms with Gasteiger partial charge in [0.15, 0.2) is 0 Å². The molecule has 0 aromatic heterocycles. The van der Waals surface area contributed by atoms with Crippen LogP contribution < -0.4 is 5.32 Å². The van der Waals surface area contributed by atoms with Crippen molar-refractivity contribution >= 4 is 17.5 Å². The van der Waals surface area contributed by atoms with E-state index in [9.17, 15) is 4.79 Å². The van der Waals surface area contributed by atoms with E-state index < -0.39 is 0 Å². The molecule has 0 bridgehead atoms. The number of amidine groups is 1. The zero-order chi connectivity index (χ0) is 23.2. The van der Waals surface area contributed by atoms with E-state index in [4.69, 9.17) is 4.84 Å². The highest BCUT2D eigenvalue weighted by molar-refractivity contribution is 6.04. The molecular formula is C25H42N4O2. The first-order valence-electron chi connectivity index (χ1n) is 11.7. The molecule has 0 radical (unpaired) electrons. The van der Waals surface area contributed by atoms with Crippen LogP contribution in [0, 0.1) is 5.92 Å². The van der Waals surface area contributed by atoms with Gasteiger partial charge < -0.3 is 10.2 Å². The van der Waals surface area contributed by atoms with Gasteiger partial charge in [0, 0.05) is 19.4 Å². The molecule has 0 aliphatic heterocycles. The molecule has 1 aliphatic rings. The van der Waals surface area contributed by atoms with Crippen LogP contribution in [-0.2, 0) is 9.63 Å². The summed E-state index contributed by atoms with van der Waals surface area (Å²) in [6, 6.07) is -0.224. The summed E-state index contributed by atoms with van der Waals surface area (Å²) in [6.45, 7) is 18.2. The summed E-state index contributed by atoms with van der Waals surface area (Å²) in [5.41, 5.74) is 1.15. The van der Waals surface area contributed by atoms with Crippen molar-refractivity contribution in [1.82, 2.24) is 10.2 Å². The lowest BCUT2D eigenvalue weighted by Gasteiger charge is -2.23. The standard InChI is InChI=1S/C25H42N4O2/c1-8-14-24(23-16-12-11-13-17-23)28-31-20(5)19(4)26-21(6)27-25(15-9-2)29(18-10-3)22(7)30/h9,15,19,23,26H,5-6,8,10-14,16-18H2,1-4,7H3/b15-9-,27-25+,28-24+. The Bertz CT molecular complexity index is 688. The van der Waals surface area contributed by atoms with E-state index in [2.05, 4.69) is 35.5 Å². The smallest absolute Gasteiger partial charge is 0.225 e. The van der Waals surface area contributed by atoms with E-state index in [1.165, 1.54) is 32.1 Å². The minimum absolute atomic E-state index is 0.0483. The molecule has 1 unspecified atom stereocenters. The monoisotopic (exact) mass is 430 g/mol. The molecule has 6 heteroatoms. The number of amides is 1. The maximum atomic E-state index is 12.0. The lowest BCUT2D eigenvalue weighted by atomic mass is 9.84. The van der Waals surface area contributed by atoms with E-state index in [1.807, 2.05) is 32.9 Å². The molecule has 0 aromatic rings. The molecule has 31 heavy (non-hydrogen) atoms. The molecule has 0 heterocycles. The van der Waals surface area contributed by atoms with Crippen LogP contribution in [-0.4, -0.2) is 34.9 Å². The van der Waals surface area contributed by atoms with Crippen LogP contribution >= 0.6 is 0 Å². The number of nitrogens with one attached hydrogen (secondary N) is 1. The Balaban J connectivity index is 2.79. The number of oxime groups is 1. The van der Waals surface area contributed by atoms with Crippen LogP contribution in [0.4, 0.5) is 0 Å². The summed E-state index contributed by atoms with van der Waals surface area (Å²) in [7, 11) is 0. The molecule has 1 N–H and O–H groups in total. The summed E-state index contributed by atoms with van der Waals surface area (Å²) in [5.74, 6) is 2.01. The number of carbonyl (C=O) groups excluding carboxylic acids is 1. The number of nitrogens with zero attached hydrogens (tertiary/aromatic N) is 3. The van der Waals surface area contributed by atoms with Crippen molar-refractivity contribution in [2.75, 3.05) is 6.54 Å². The summed E-state index contributed by atoms with van der Waals surface area (Å²) < 4.78 is 0. The molecule has 0 spiro atoms. The average Bonchev–Trinajstić information content (AvgIpc) is 2.74. The SMILES string of the molecule is C=C(/N=C(\C=C/C)N(CCC)C(C)=O)NC(C)C(=C)O/N=C(\CCC)C1CCCCC1. The second kappa shape index (κ2) is 14.6. The van der Waals surface area contributed by atoms with Gasteiger partial charge in [-0.15, -0.1) is 0 Å². The first-order chi connectivity index (χ1) is 14.8. The first-order valence-corrected chi connectivity index (χ1v) is 11.7. The Morgan fingerprint density at radius 1 is 1.23 bits per heavy atom. The van der Waals surface area contributed by atoms with Gasteiger partial charge in [0.1, 0.15) is 17.4 Å². The number of carbonyl (C=O) groups is 1. The quantitative estimate of drug-likeness (QED) is 0.180. The van der Waals surface area contributed by atoms with Crippen molar-refractivity contribution in [2.24, 2.45) is 16.1 Å². The third-order valence-electron chi connectivity index (χ3n) is 5.40. The maximum absolute atomic E-state index is 12.0. The van der Waals surface area contributed by atoms with Crippen molar-refractivity contribution in [3.63, 3.8) is 0 Å². The van der Waals surface area contributed by atoms with Gasteiger partial charge >= 0.3 is 0 Å². The Morgan fingerprint density at radius 3 is 2.45 bits per heavy atom. The topological polar surface area (TPSA) is 66.3 Å². The summed E-state index contributed by atoms with van der Waals surface area (Å²) in [5, 5.41) is 7.67. The van der Waals surface area contributed by atoms with E-state index in [-0.39, 0.29) is 11.9 Å². The van der Waals surface area contributed by atoms with Crippen molar-refractivity contribution in [3.05, 3.63) is 36.9 Å². The summed E-state index contributed by atoms with van der Waals surface area (Å²) in [6.07, 6.45) is 12.8. The van der Waals surface area contributed by atoms with E-state index in [0.717, 1.165) is 25.0 Å².